The smallest absolute Gasteiger partial charge is 0.228 e. The number of nitrogens with zero attached hydrogens (tertiary/aromatic N) is 4. The number of rotatable bonds is 0. The fourth-order valence-corrected chi connectivity index (χ4v) is 3.59. The maximum Gasteiger partial charge on any atom is 0.228 e. The van der Waals surface area contributed by atoms with Crippen LogP contribution in [0.3, 0.4) is 0 Å². The van der Waals surface area contributed by atoms with Gasteiger partial charge in [0.05, 0.1) is 22.5 Å². The van der Waals surface area contributed by atoms with Gasteiger partial charge in [-0.25, -0.2) is 15.0 Å². The minimum absolute atomic E-state index is 0.00830. The topological polar surface area (TPSA) is 263 Å². The van der Waals surface area contributed by atoms with Crippen molar-refractivity contribution in [1.29, 1.82) is 10.8 Å². The summed E-state index contributed by atoms with van der Waals surface area (Å²) in [5, 5.41) is 70.1. The van der Waals surface area contributed by atoms with E-state index in [0.29, 0.717) is 0 Å². The summed E-state index contributed by atoms with van der Waals surface area (Å²) in [6, 6.07) is 4.73. The molecule has 2 aliphatic rings. The minimum atomic E-state index is -0.395. The van der Waals surface area contributed by atoms with E-state index in [1.807, 2.05) is 0 Å². The first kappa shape index (κ1) is 22.4. The van der Waals surface area contributed by atoms with E-state index in [2.05, 4.69) is 29.9 Å². The van der Waals surface area contributed by atoms with Crippen LogP contribution in [0.4, 0.5) is 0 Å². The molecule has 0 saturated carbocycles. The third-order valence-corrected chi connectivity index (χ3v) is 5.46. The fraction of sp³-hybridized carbons (Fsp3) is 0.0909. The number of hydrogen-bond donors (Lipinski definition) is 10. The molecule has 2 aliphatic heterocycles. The standard InChI is InChI=1S/C22H18N10O4/c23-7-1-8(24)20-28-12-4-14(18(36)6-16(12)34)30-22-10(26)2-9(25)21(32-22)29-13-3-11(27-19(7)31-20)15(33)5-17(13)35/h3-6,23-26,33-36H,1-2H2,(H,27,28,31)(H,29,30,32)/p+2. The molecular weight excluding hydrogens is 468 g/mol. The normalized spacial score (nSPS) is 14.0. The van der Waals surface area contributed by atoms with Crippen LogP contribution < -0.4 is 10.8 Å². The summed E-state index contributed by atoms with van der Waals surface area (Å²) in [4.78, 5) is 22.8. The van der Waals surface area contributed by atoms with Gasteiger partial charge in [-0.05, 0) is 12.1 Å². The molecule has 36 heavy (non-hydrogen) atoms. The second-order valence-electron chi connectivity index (χ2n) is 8.12. The van der Waals surface area contributed by atoms with Crippen LogP contribution in [0.25, 0.3) is 22.1 Å². The van der Waals surface area contributed by atoms with E-state index >= 15 is 0 Å². The molecule has 3 heterocycles. The van der Waals surface area contributed by atoms with Gasteiger partial charge in [0.15, 0.2) is 11.6 Å². The maximum atomic E-state index is 10.4. The van der Waals surface area contributed by atoms with Crippen molar-refractivity contribution in [3.8, 4) is 23.0 Å². The van der Waals surface area contributed by atoms with Gasteiger partial charge < -0.3 is 41.2 Å². The number of hydrogen-bond acceptors (Lipinski definition) is 10. The number of nitrogens with two attached hydrogens (primary N) is 2. The van der Waals surface area contributed by atoms with Gasteiger partial charge in [-0.2, -0.15) is 4.98 Å². The summed E-state index contributed by atoms with van der Waals surface area (Å²) in [7, 11) is 0. The number of aromatic nitrogens is 6. The molecule has 0 amide bonds. The van der Waals surface area contributed by atoms with Crippen molar-refractivity contribution in [3.63, 3.8) is 0 Å². The molecular formula is C22H20N10O4+2. The number of aromatic hydroxyl groups is 4. The Morgan fingerprint density at radius 2 is 1.17 bits per heavy atom. The van der Waals surface area contributed by atoms with E-state index in [1.165, 1.54) is 12.1 Å². The Balaban J connectivity index is 2.02. The predicted molar refractivity (Wildman–Crippen MR) is 127 cm³/mol. The number of aromatic amines is 2. The molecule has 0 saturated heterocycles. The highest BCUT2D eigenvalue weighted by molar-refractivity contribution is 6.15. The summed E-state index contributed by atoms with van der Waals surface area (Å²) in [6.45, 7) is 0. The lowest BCUT2D eigenvalue weighted by Gasteiger charge is -2.11. The Hall–Kier alpha value is -5.40. The van der Waals surface area contributed by atoms with Crippen molar-refractivity contribution in [3.05, 3.63) is 47.6 Å². The number of phenols is 4. The largest absolute Gasteiger partial charge is 0.506 e. The molecule has 180 valence electrons. The molecule has 0 fully saturated rings. The molecule has 8 bridgehead atoms. The number of nitrogens with one attached hydrogen (secondary N) is 4. The molecule has 0 radical (unpaired) electrons. The van der Waals surface area contributed by atoms with E-state index in [9.17, 15) is 20.4 Å². The van der Waals surface area contributed by atoms with Crippen molar-refractivity contribution in [2.75, 3.05) is 0 Å². The molecule has 14 nitrogen and oxygen atoms in total. The highest BCUT2D eigenvalue weighted by Gasteiger charge is 2.26. The summed E-state index contributed by atoms with van der Waals surface area (Å²) in [6.07, 6.45) is -0.0514. The zero-order chi connectivity index (χ0) is 25.7. The molecule has 12 N–H and O–H groups in total. The SMILES string of the molecule is N=C1CC(=N)c2nc1nc1cc(nc3nc([nH]c4cc([nH]2)c(O)cc4O)C(=[NH2+])CC3=[NH2+])c(O)cc1O. The zero-order valence-electron chi connectivity index (χ0n) is 18.5. The van der Waals surface area contributed by atoms with Crippen LogP contribution >= 0.6 is 0 Å². The molecule has 0 unspecified atom stereocenters. The molecule has 5 rings (SSSR count). The van der Waals surface area contributed by atoms with E-state index < -0.39 is 5.75 Å². The van der Waals surface area contributed by atoms with Crippen LogP contribution in [0.2, 0.25) is 0 Å². The first-order valence-electron chi connectivity index (χ1n) is 10.5. The Bertz CT molecular complexity index is 1480. The molecule has 1 aromatic heterocycles. The second-order valence-corrected chi connectivity index (χ2v) is 8.12. The van der Waals surface area contributed by atoms with Crippen LogP contribution in [0, 0.1) is 10.8 Å². The van der Waals surface area contributed by atoms with Gasteiger partial charge in [-0.1, -0.05) is 0 Å². The summed E-state index contributed by atoms with van der Waals surface area (Å²) < 4.78 is 0. The van der Waals surface area contributed by atoms with Gasteiger partial charge >= 0.3 is 0 Å². The molecule has 0 atom stereocenters. The van der Waals surface area contributed by atoms with Crippen LogP contribution in [0.1, 0.15) is 36.1 Å². The highest BCUT2D eigenvalue weighted by atomic mass is 16.3. The van der Waals surface area contributed by atoms with Gasteiger partial charge in [0.25, 0.3) is 0 Å². The Morgan fingerprint density at radius 3 is 1.83 bits per heavy atom. The summed E-state index contributed by atoms with van der Waals surface area (Å²) >= 11 is 0. The highest BCUT2D eigenvalue weighted by Crippen LogP contribution is 2.28. The molecule has 2 aromatic carbocycles. The fourth-order valence-electron chi connectivity index (χ4n) is 3.59. The quantitative estimate of drug-likeness (QED) is 0.177. The van der Waals surface area contributed by atoms with Crippen LogP contribution in [0.5, 0.6) is 23.0 Å². The third-order valence-electron chi connectivity index (χ3n) is 5.46. The number of H-pyrrole nitrogens is 2. The van der Waals surface area contributed by atoms with Crippen molar-refractivity contribution in [2.24, 2.45) is 0 Å². The van der Waals surface area contributed by atoms with Gasteiger partial charge in [-0.3, -0.25) is 10.8 Å². The van der Waals surface area contributed by atoms with Crippen LogP contribution in [0.15, 0.2) is 24.3 Å². The lowest BCUT2D eigenvalue weighted by molar-refractivity contribution is -0.124. The van der Waals surface area contributed by atoms with Crippen molar-refractivity contribution in [1.82, 2.24) is 29.9 Å². The Labute approximate surface area is 200 Å². The molecule has 0 aliphatic carbocycles. The van der Waals surface area contributed by atoms with E-state index in [4.69, 9.17) is 21.6 Å². The van der Waals surface area contributed by atoms with E-state index in [1.54, 1.807) is 0 Å². The summed E-state index contributed by atoms with van der Waals surface area (Å²) in [5.41, 5.74) is 0.448. The maximum absolute atomic E-state index is 10.4. The Morgan fingerprint density at radius 1 is 0.611 bits per heavy atom. The lowest BCUT2D eigenvalue weighted by Crippen LogP contribution is -2.51. The molecule has 0 spiro atoms. The number of benzene rings is 2. The first-order chi connectivity index (χ1) is 17.1. The lowest BCUT2D eigenvalue weighted by atomic mass is 10.1. The van der Waals surface area contributed by atoms with Crippen molar-refractivity contribution < 1.29 is 31.2 Å². The van der Waals surface area contributed by atoms with E-state index in [0.717, 1.165) is 12.1 Å². The van der Waals surface area contributed by atoms with Crippen molar-refractivity contribution >= 4 is 44.9 Å². The van der Waals surface area contributed by atoms with Crippen molar-refractivity contribution in [2.45, 2.75) is 12.8 Å². The monoisotopic (exact) mass is 488 g/mol. The van der Waals surface area contributed by atoms with Crippen LogP contribution in [-0.2, 0) is 0 Å². The Kier molecular flexibility index (Phi) is 5.05. The molecule has 3 aromatic rings. The molecule has 14 heteroatoms. The van der Waals surface area contributed by atoms with Gasteiger partial charge in [0, 0.05) is 18.6 Å². The number of phenolic OH excluding ortho intramolecular Hbond substituents is 4. The zero-order valence-corrected chi connectivity index (χ0v) is 18.5. The minimum Gasteiger partial charge on any atom is -0.506 e. The first-order valence-corrected chi connectivity index (χ1v) is 10.5. The van der Waals surface area contributed by atoms with Gasteiger partial charge in [-0.15, -0.1) is 0 Å². The number of fused-ring (bicyclic) bond motifs is 8. The van der Waals surface area contributed by atoms with Gasteiger partial charge in [0.2, 0.25) is 23.1 Å². The van der Waals surface area contributed by atoms with E-state index in [-0.39, 0.29) is 98.3 Å². The average molecular weight is 488 g/mol. The van der Waals surface area contributed by atoms with Crippen LogP contribution in [-0.4, -0.2) is 73.2 Å². The average Bonchev–Trinajstić information content (AvgIpc) is 2.79. The van der Waals surface area contributed by atoms with Gasteiger partial charge in [0.1, 0.15) is 40.5 Å². The predicted octanol–water partition coefficient (Wildman–Crippen LogP) is -1.50. The third kappa shape index (κ3) is 3.91. The second kappa shape index (κ2) is 8.12. The summed E-state index contributed by atoms with van der Waals surface area (Å²) in [5.74, 6) is -1.40.